The van der Waals surface area contributed by atoms with Gasteiger partial charge < -0.3 is 9.80 Å². The van der Waals surface area contributed by atoms with E-state index in [2.05, 4.69) is 234 Å². The Hall–Kier alpha value is -6.90. The van der Waals surface area contributed by atoms with Gasteiger partial charge in [0, 0.05) is 33.5 Å². The number of nitrogens with zero attached hydrogens (tertiary/aromatic N) is 2. The second kappa shape index (κ2) is 18.4. The van der Waals surface area contributed by atoms with Gasteiger partial charge in [0.2, 0.25) is 0 Å². The SMILES string of the molecule is C=C(CC)c1ccc(N(c2ccc(C)cc2)c2cc3c4ccc(C(C)CC)cc4c(N(c4ccc(C)cc4)c4ccc(CCC)cc4)cc3c3ccc(Cc4ccccc4)cc23)cc1. The van der Waals surface area contributed by atoms with Gasteiger partial charge in [0.05, 0.1) is 11.4 Å². The van der Waals surface area contributed by atoms with Crippen molar-refractivity contribution in [1.82, 2.24) is 0 Å². The van der Waals surface area contributed by atoms with Gasteiger partial charge in [-0.3, -0.25) is 0 Å². The molecule has 0 N–H and O–H groups in total. The third kappa shape index (κ3) is 8.46. The van der Waals surface area contributed by atoms with Crippen LogP contribution in [0.25, 0.3) is 37.9 Å². The molecule has 0 heterocycles. The molecule has 0 bridgehead atoms. The van der Waals surface area contributed by atoms with E-state index in [1.54, 1.807) is 0 Å². The lowest BCUT2D eigenvalue weighted by Crippen LogP contribution is -2.12. The number of allylic oxidation sites excluding steroid dienone is 1. The Kier molecular flexibility index (Phi) is 12.2. The van der Waals surface area contributed by atoms with E-state index in [4.69, 9.17) is 0 Å². The van der Waals surface area contributed by atoms with Gasteiger partial charge in [-0.05, 0) is 173 Å². The summed E-state index contributed by atoms with van der Waals surface area (Å²) in [7, 11) is 0. The molecule has 1 atom stereocenters. The second-order valence-corrected chi connectivity index (χ2v) is 17.8. The zero-order chi connectivity index (χ0) is 44.3. The first-order chi connectivity index (χ1) is 31.2. The Morgan fingerprint density at radius 2 is 0.953 bits per heavy atom. The predicted octanol–water partition coefficient (Wildman–Crippen LogP) is 18.2. The zero-order valence-corrected chi connectivity index (χ0v) is 38.5. The molecule has 0 aromatic heterocycles. The normalized spacial score (nSPS) is 11.9. The highest BCUT2D eigenvalue weighted by atomic mass is 15.2. The van der Waals surface area contributed by atoms with Gasteiger partial charge in [-0.15, -0.1) is 0 Å². The van der Waals surface area contributed by atoms with E-state index in [1.807, 2.05) is 0 Å². The minimum Gasteiger partial charge on any atom is -0.310 e. The summed E-state index contributed by atoms with van der Waals surface area (Å²) < 4.78 is 0. The van der Waals surface area contributed by atoms with Crippen LogP contribution in [0.5, 0.6) is 0 Å². The molecule has 9 aromatic carbocycles. The first-order valence-corrected chi connectivity index (χ1v) is 23.3. The van der Waals surface area contributed by atoms with E-state index in [0.717, 1.165) is 66.1 Å². The smallest absolute Gasteiger partial charge is 0.0546 e. The van der Waals surface area contributed by atoms with E-state index < -0.39 is 0 Å². The number of fused-ring (bicyclic) bond motifs is 5. The van der Waals surface area contributed by atoms with Crippen LogP contribution in [0.3, 0.4) is 0 Å². The molecule has 318 valence electrons. The van der Waals surface area contributed by atoms with Crippen molar-refractivity contribution in [3.05, 3.63) is 221 Å². The molecule has 0 saturated carbocycles. The molecule has 9 aromatic rings. The summed E-state index contributed by atoms with van der Waals surface area (Å²) in [6.07, 6.45) is 5.03. The largest absolute Gasteiger partial charge is 0.310 e. The van der Waals surface area contributed by atoms with Crippen LogP contribution >= 0.6 is 0 Å². The Morgan fingerprint density at radius 3 is 1.47 bits per heavy atom. The Labute approximate surface area is 381 Å². The molecular weight excluding hydrogens is 773 g/mol. The monoisotopic (exact) mass is 832 g/mol. The molecule has 0 aliphatic heterocycles. The third-order valence-corrected chi connectivity index (χ3v) is 13.3. The van der Waals surface area contributed by atoms with Crippen LogP contribution in [0.1, 0.15) is 91.8 Å². The van der Waals surface area contributed by atoms with Crippen molar-refractivity contribution in [3.8, 4) is 0 Å². The first kappa shape index (κ1) is 42.4. The number of aryl methyl sites for hydroxylation is 3. The lowest BCUT2D eigenvalue weighted by Gasteiger charge is -2.30. The van der Waals surface area contributed by atoms with E-state index in [1.165, 1.54) is 76.9 Å². The molecular formula is C62H60N2. The predicted molar refractivity (Wildman–Crippen MR) is 279 cm³/mol. The lowest BCUT2D eigenvalue weighted by molar-refractivity contribution is 0.735. The molecule has 1 unspecified atom stereocenters. The number of anilines is 6. The number of rotatable bonds is 14. The van der Waals surface area contributed by atoms with Crippen LogP contribution in [0.2, 0.25) is 0 Å². The van der Waals surface area contributed by atoms with E-state index in [0.29, 0.717) is 5.92 Å². The highest BCUT2D eigenvalue weighted by Crippen LogP contribution is 2.48. The summed E-state index contributed by atoms with van der Waals surface area (Å²) in [6, 6.07) is 66.6. The summed E-state index contributed by atoms with van der Waals surface area (Å²) in [5.74, 6) is 0.424. The molecule has 9 rings (SSSR count). The minimum atomic E-state index is 0.424. The number of hydrogen-bond acceptors (Lipinski definition) is 2. The van der Waals surface area contributed by atoms with Gasteiger partial charge in [-0.2, -0.15) is 0 Å². The van der Waals surface area contributed by atoms with Gasteiger partial charge >= 0.3 is 0 Å². The van der Waals surface area contributed by atoms with Crippen molar-refractivity contribution in [2.45, 2.75) is 79.6 Å². The summed E-state index contributed by atoms with van der Waals surface area (Å²) in [5, 5.41) is 7.42. The van der Waals surface area contributed by atoms with E-state index in [9.17, 15) is 0 Å². The van der Waals surface area contributed by atoms with Gasteiger partial charge in [0.1, 0.15) is 0 Å². The topological polar surface area (TPSA) is 6.48 Å². The summed E-state index contributed by atoms with van der Waals surface area (Å²) in [4.78, 5) is 4.96. The van der Waals surface area contributed by atoms with Crippen molar-refractivity contribution in [1.29, 1.82) is 0 Å². The third-order valence-electron chi connectivity index (χ3n) is 13.3. The van der Waals surface area contributed by atoms with Crippen LogP contribution in [-0.2, 0) is 12.8 Å². The molecule has 2 nitrogen and oxygen atoms in total. The molecule has 0 saturated heterocycles. The lowest BCUT2D eigenvalue weighted by atomic mass is 9.89. The average molecular weight is 833 g/mol. The maximum Gasteiger partial charge on any atom is 0.0546 e. The van der Waals surface area contributed by atoms with Crippen molar-refractivity contribution >= 4 is 72.0 Å². The number of hydrogen-bond donors (Lipinski definition) is 0. The molecule has 2 heteroatoms. The van der Waals surface area contributed by atoms with Crippen LogP contribution in [0.4, 0.5) is 34.1 Å². The molecule has 0 amide bonds. The Balaban J connectivity index is 1.38. The summed E-state index contributed by atoms with van der Waals surface area (Å²) in [5.41, 5.74) is 17.0. The molecule has 0 spiro atoms. The first-order valence-electron chi connectivity index (χ1n) is 23.3. The van der Waals surface area contributed by atoms with Crippen molar-refractivity contribution < 1.29 is 0 Å². The van der Waals surface area contributed by atoms with Gasteiger partial charge in [-0.25, -0.2) is 0 Å². The molecule has 0 fully saturated rings. The standard InChI is InChI=1S/C62H60N2/c1-8-14-46-21-31-53(32-22-46)63(51-27-17-42(4)18-28-51)62-41-57-55-35-23-48(37-47-15-12-11-13-16-47)38-59(55)61(40-58(57)56-36-26-50(39-60(56)62)45(7)10-3)64(52-29-19-43(5)20-30-52)54-33-24-49(25-34-54)44(6)9-2/h11-13,15-36,38-41,45H,6,8-10,14,37H2,1-5,7H3. The van der Waals surface area contributed by atoms with Crippen LogP contribution in [0, 0.1) is 13.8 Å². The quantitative estimate of drug-likeness (QED) is 0.101. The average Bonchev–Trinajstić information content (AvgIpc) is 3.33. The fourth-order valence-electron chi connectivity index (χ4n) is 9.32. The van der Waals surface area contributed by atoms with Crippen molar-refractivity contribution in [2.24, 2.45) is 0 Å². The highest BCUT2D eigenvalue weighted by Gasteiger charge is 2.23. The number of benzene rings is 9. The van der Waals surface area contributed by atoms with Gasteiger partial charge in [-0.1, -0.05) is 155 Å². The van der Waals surface area contributed by atoms with Crippen molar-refractivity contribution in [2.75, 3.05) is 9.80 Å². The van der Waals surface area contributed by atoms with Gasteiger partial charge in [0.15, 0.2) is 0 Å². The molecule has 0 aliphatic carbocycles. The van der Waals surface area contributed by atoms with E-state index in [-0.39, 0.29) is 0 Å². The molecule has 0 aliphatic rings. The summed E-state index contributed by atoms with van der Waals surface area (Å²) >= 11 is 0. The minimum absolute atomic E-state index is 0.424. The van der Waals surface area contributed by atoms with Crippen molar-refractivity contribution in [3.63, 3.8) is 0 Å². The highest BCUT2D eigenvalue weighted by molar-refractivity contribution is 6.24. The second-order valence-electron chi connectivity index (χ2n) is 17.8. The van der Waals surface area contributed by atoms with Crippen LogP contribution < -0.4 is 9.80 Å². The van der Waals surface area contributed by atoms with Crippen LogP contribution in [-0.4, -0.2) is 0 Å². The van der Waals surface area contributed by atoms with Crippen LogP contribution in [0.15, 0.2) is 183 Å². The zero-order valence-electron chi connectivity index (χ0n) is 38.5. The molecule has 0 radical (unpaired) electrons. The maximum absolute atomic E-state index is 4.37. The Bertz CT molecular complexity index is 3070. The van der Waals surface area contributed by atoms with E-state index >= 15 is 0 Å². The Morgan fingerprint density at radius 1 is 0.469 bits per heavy atom. The van der Waals surface area contributed by atoms with Gasteiger partial charge in [0.25, 0.3) is 0 Å². The fourth-order valence-corrected chi connectivity index (χ4v) is 9.32. The summed E-state index contributed by atoms with van der Waals surface area (Å²) in [6.45, 7) is 17.8. The fraction of sp³-hybridized carbons (Fsp3) is 0.194. The maximum atomic E-state index is 4.37. The molecule has 64 heavy (non-hydrogen) atoms.